The van der Waals surface area contributed by atoms with Crippen LogP contribution in [0, 0.1) is 6.92 Å². The standard InChI is InChI=1S/C14H12N6O3S/c1-6-18-10(11(16)21)14(24-6)20-12(22)8-5-23-13(19-8)7-2-3-17-9(15)4-7/h2-5H,1H3,(H2,15,17)(H2,16,21)(H,20,22). The van der Waals surface area contributed by atoms with Crippen LogP contribution in [0.15, 0.2) is 29.0 Å². The molecule has 0 aromatic carbocycles. The van der Waals surface area contributed by atoms with Crippen molar-refractivity contribution in [2.45, 2.75) is 6.92 Å². The van der Waals surface area contributed by atoms with Crippen molar-refractivity contribution in [2.75, 3.05) is 11.1 Å². The van der Waals surface area contributed by atoms with E-state index in [4.69, 9.17) is 15.9 Å². The Hall–Kier alpha value is -3.27. The number of aromatic nitrogens is 3. The summed E-state index contributed by atoms with van der Waals surface area (Å²) < 4.78 is 5.29. The number of hydrogen-bond acceptors (Lipinski definition) is 8. The van der Waals surface area contributed by atoms with Crippen LogP contribution in [0.1, 0.15) is 26.0 Å². The number of carbonyl (C=O) groups excluding carboxylic acids is 2. The zero-order valence-electron chi connectivity index (χ0n) is 12.4. The van der Waals surface area contributed by atoms with E-state index in [1.165, 1.54) is 12.5 Å². The first-order valence-electron chi connectivity index (χ1n) is 6.70. The molecule has 24 heavy (non-hydrogen) atoms. The summed E-state index contributed by atoms with van der Waals surface area (Å²) in [6.45, 7) is 1.70. The van der Waals surface area contributed by atoms with E-state index >= 15 is 0 Å². The monoisotopic (exact) mass is 344 g/mol. The van der Waals surface area contributed by atoms with Crippen molar-refractivity contribution in [1.82, 2.24) is 15.0 Å². The van der Waals surface area contributed by atoms with Crippen LogP contribution in [0.5, 0.6) is 0 Å². The molecule has 0 aliphatic rings. The van der Waals surface area contributed by atoms with Crippen LogP contribution in [-0.2, 0) is 0 Å². The van der Waals surface area contributed by atoms with Crippen LogP contribution in [-0.4, -0.2) is 26.8 Å². The first-order chi connectivity index (χ1) is 11.4. The molecule has 0 saturated carbocycles. The lowest BCUT2D eigenvalue weighted by Crippen LogP contribution is -2.17. The van der Waals surface area contributed by atoms with E-state index in [0.29, 0.717) is 16.4 Å². The van der Waals surface area contributed by atoms with Gasteiger partial charge < -0.3 is 21.2 Å². The lowest BCUT2D eigenvalue weighted by molar-refractivity contribution is 0.0997. The van der Waals surface area contributed by atoms with Gasteiger partial charge in [-0.05, 0) is 19.1 Å². The van der Waals surface area contributed by atoms with E-state index in [1.54, 1.807) is 19.1 Å². The van der Waals surface area contributed by atoms with E-state index in [1.807, 2.05) is 0 Å². The predicted molar refractivity (Wildman–Crippen MR) is 87.5 cm³/mol. The van der Waals surface area contributed by atoms with Crippen molar-refractivity contribution in [1.29, 1.82) is 0 Å². The fraction of sp³-hybridized carbons (Fsp3) is 0.0714. The third kappa shape index (κ3) is 3.08. The highest BCUT2D eigenvalue weighted by molar-refractivity contribution is 7.16. The number of oxazole rings is 1. The highest BCUT2D eigenvalue weighted by Crippen LogP contribution is 2.25. The number of pyridine rings is 1. The van der Waals surface area contributed by atoms with Gasteiger partial charge in [0.05, 0.1) is 5.01 Å². The van der Waals surface area contributed by atoms with Crippen LogP contribution in [0.2, 0.25) is 0 Å². The van der Waals surface area contributed by atoms with Gasteiger partial charge in [0.15, 0.2) is 11.4 Å². The van der Waals surface area contributed by atoms with Crippen molar-refractivity contribution in [3.63, 3.8) is 0 Å². The van der Waals surface area contributed by atoms with Crippen LogP contribution < -0.4 is 16.8 Å². The third-order valence-electron chi connectivity index (χ3n) is 2.96. The normalized spacial score (nSPS) is 10.5. The number of carbonyl (C=O) groups is 2. The minimum atomic E-state index is -0.720. The Morgan fingerprint density at radius 3 is 2.83 bits per heavy atom. The van der Waals surface area contributed by atoms with E-state index in [2.05, 4.69) is 20.3 Å². The lowest BCUT2D eigenvalue weighted by atomic mass is 10.2. The maximum atomic E-state index is 12.3. The Morgan fingerprint density at radius 2 is 2.12 bits per heavy atom. The molecule has 3 rings (SSSR count). The molecule has 0 bridgehead atoms. The molecule has 0 saturated heterocycles. The van der Waals surface area contributed by atoms with Gasteiger partial charge in [0.25, 0.3) is 11.8 Å². The summed E-state index contributed by atoms with van der Waals surface area (Å²) in [7, 11) is 0. The Bertz CT molecular complexity index is 932. The summed E-state index contributed by atoms with van der Waals surface area (Å²) in [5.41, 5.74) is 11.5. The molecule has 0 aliphatic carbocycles. The van der Waals surface area contributed by atoms with E-state index in [9.17, 15) is 9.59 Å². The fourth-order valence-corrected chi connectivity index (χ4v) is 2.76. The summed E-state index contributed by atoms with van der Waals surface area (Å²) in [6.07, 6.45) is 2.72. The molecule has 0 unspecified atom stereocenters. The maximum absolute atomic E-state index is 12.3. The average molecular weight is 344 g/mol. The number of rotatable bonds is 4. The number of thiazole rings is 1. The van der Waals surface area contributed by atoms with Gasteiger partial charge in [-0.1, -0.05) is 0 Å². The van der Waals surface area contributed by atoms with Gasteiger partial charge in [-0.15, -0.1) is 11.3 Å². The Labute approximate surface area is 139 Å². The lowest BCUT2D eigenvalue weighted by Gasteiger charge is -2.00. The molecule has 0 aliphatic heterocycles. The number of anilines is 2. The Balaban J connectivity index is 1.83. The van der Waals surface area contributed by atoms with Crippen LogP contribution >= 0.6 is 11.3 Å². The first kappa shape index (κ1) is 15.6. The van der Waals surface area contributed by atoms with Gasteiger partial charge in [0.1, 0.15) is 17.1 Å². The van der Waals surface area contributed by atoms with Crippen LogP contribution in [0.25, 0.3) is 11.5 Å². The van der Waals surface area contributed by atoms with Crippen molar-refractivity contribution in [3.8, 4) is 11.5 Å². The second kappa shape index (κ2) is 6.08. The molecule has 3 aromatic heterocycles. The molecule has 0 radical (unpaired) electrons. The van der Waals surface area contributed by atoms with Gasteiger partial charge in [-0.2, -0.15) is 0 Å². The Kier molecular flexibility index (Phi) is 3.96. The van der Waals surface area contributed by atoms with Gasteiger partial charge >= 0.3 is 0 Å². The van der Waals surface area contributed by atoms with Crippen LogP contribution in [0.3, 0.4) is 0 Å². The summed E-state index contributed by atoms with van der Waals surface area (Å²) >= 11 is 1.14. The average Bonchev–Trinajstić information content (AvgIpc) is 3.14. The third-order valence-corrected chi connectivity index (χ3v) is 3.85. The molecule has 0 fully saturated rings. The summed E-state index contributed by atoms with van der Waals surface area (Å²) in [5, 5.41) is 3.43. The predicted octanol–water partition coefficient (Wildman–Crippen LogP) is 1.43. The minimum Gasteiger partial charge on any atom is -0.444 e. The molecular formula is C14H12N6O3S. The van der Waals surface area contributed by atoms with Gasteiger partial charge in [0, 0.05) is 11.8 Å². The number of aryl methyl sites for hydroxylation is 1. The number of nitrogen functional groups attached to an aromatic ring is 1. The van der Waals surface area contributed by atoms with Crippen molar-refractivity contribution < 1.29 is 14.0 Å². The largest absolute Gasteiger partial charge is 0.444 e. The summed E-state index contributed by atoms with van der Waals surface area (Å²) in [4.78, 5) is 35.6. The summed E-state index contributed by atoms with van der Waals surface area (Å²) in [5.74, 6) is -0.728. The number of nitrogens with one attached hydrogen (secondary N) is 1. The zero-order chi connectivity index (χ0) is 17.3. The SMILES string of the molecule is Cc1nc(C(N)=O)c(NC(=O)c2coc(-c3ccnc(N)c3)n2)s1. The number of amides is 2. The quantitative estimate of drug-likeness (QED) is 0.647. The second-order valence-electron chi connectivity index (χ2n) is 4.74. The Morgan fingerprint density at radius 1 is 1.33 bits per heavy atom. The van der Waals surface area contributed by atoms with E-state index < -0.39 is 11.8 Å². The number of hydrogen-bond donors (Lipinski definition) is 3. The number of primary amides is 1. The van der Waals surface area contributed by atoms with Crippen molar-refractivity contribution in [3.05, 3.63) is 41.0 Å². The fourth-order valence-electron chi connectivity index (χ4n) is 1.94. The number of nitrogens with two attached hydrogens (primary N) is 2. The smallest absolute Gasteiger partial charge is 0.278 e. The number of nitrogens with zero attached hydrogens (tertiary/aromatic N) is 3. The molecular weight excluding hydrogens is 332 g/mol. The molecule has 2 amide bonds. The van der Waals surface area contributed by atoms with Gasteiger partial charge in [-0.25, -0.2) is 15.0 Å². The molecule has 3 heterocycles. The van der Waals surface area contributed by atoms with Crippen LogP contribution in [0.4, 0.5) is 10.8 Å². The minimum absolute atomic E-state index is 0.0106. The van der Waals surface area contributed by atoms with E-state index in [-0.39, 0.29) is 22.3 Å². The molecule has 5 N–H and O–H groups in total. The second-order valence-corrected chi connectivity index (χ2v) is 5.94. The molecule has 9 nitrogen and oxygen atoms in total. The van der Waals surface area contributed by atoms with E-state index in [0.717, 1.165) is 11.3 Å². The van der Waals surface area contributed by atoms with Crippen molar-refractivity contribution >= 4 is 34.0 Å². The molecule has 3 aromatic rings. The molecule has 0 spiro atoms. The molecule has 122 valence electrons. The van der Waals surface area contributed by atoms with Gasteiger partial charge in [-0.3, -0.25) is 9.59 Å². The molecule has 0 atom stereocenters. The highest BCUT2D eigenvalue weighted by Gasteiger charge is 2.19. The maximum Gasteiger partial charge on any atom is 0.278 e. The summed E-state index contributed by atoms with van der Waals surface area (Å²) in [6, 6.07) is 3.23. The first-order valence-corrected chi connectivity index (χ1v) is 7.51. The topological polar surface area (TPSA) is 150 Å². The zero-order valence-corrected chi connectivity index (χ0v) is 13.3. The highest BCUT2D eigenvalue weighted by atomic mass is 32.1. The molecule has 10 heteroatoms. The van der Waals surface area contributed by atoms with Gasteiger partial charge in [0.2, 0.25) is 5.89 Å². The van der Waals surface area contributed by atoms with Crippen molar-refractivity contribution in [2.24, 2.45) is 5.73 Å².